The molecule has 0 atom stereocenters. The molecular formula is C18H21NO3. The summed E-state index contributed by atoms with van der Waals surface area (Å²) in [6, 6.07) is 15.1. The number of carbonyl (C=O) groups is 1. The Kier molecular flexibility index (Phi) is 5.55. The van der Waals surface area contributed by atoms with Crippen LogP contribution >= 0.6 is 0 Å². The number of carbonyl (C=O) groups excluding carboxylic acids is 1. The second kappa shape index (κ2) is 7.61. The Morgan fingerprint density at radius 1 is 1.14 bits per heavy atom. The summed E-state index contributed by atoms with van der Waals surface area (Å²) in [5.41, 5.74) is 2.92. The van der Waals surface area contributed by atoms with Gasteiger partial charge in [-0.2, -0.15) is 0 Å². The molecule has 0 aromatic heterocycles. The van der Waals surface area contributed by atoms with Crippen molar-refractivity contribution in [2.75, 3.05) is 20.2 Å². The van der Waals surface area contributed by atoms with Crippen LogP contribution in [0.2, 0.25) is 0 Å². The van der Waals surface area contributed by atoms with Crippen molar-refractivity contribution in [3.63, 3.8) is 0 Å². The Morgan fingerprint density at radius 2 is 1.82 bits per heavy atom. The zero-order valence-corrected chi connectivity index (χ0v) is 13.0. The first-order valence-electron chi connectivity index (χ1n) is 7.25. The van der Waals surface area contributed by atoms with Crippen molar-refractivity contribution in [1.29, 1.82) is 0 Å². The lowest BCUT2D eigenvalue weighted by atomic mass is 10.1. The van der Waals surface area contributed by atoms with Crippen molar-refractivity contribution in [3.05, 3.63) is 65.2 Å². The van der Waals surface area contributed by atoms with Crippen molar-refractivity contribution in [3.8, 4) is 5.75 Å². The van der Waals surface area contributed by atoms with Crippen LogP contribution in [0.3, 0.4) is 0 Å². The van der Waals surface area contributed by atoms with E-state index in [9.17, 15) is 4.79 Å². The molecule has 0 spiro atoms. The van der Waals surface area contributed by atoms with Gasteiger partial charge in [0.1, 0.15) is 12.4 Å². The summed E-state index contributed by atoms with van der Waals surface area (Å²) in [4.78, 5) is 13.5. The number of ether oxygens (including phenoxy) is 1. The summed E-state index contributed by atoms with van der Waals surface area (Å²) in [5, 5.41) is 8.86. The number of aliphatic hydroxyl groups is 1. The minimum atomic E-state index is -0.112. The van der Waals surface area contributed by atoms with Gasteiger partial charge in [0.15, 0.2) is 0 Å². The fraction of sp³-hybridized carbons (Fsp3) is 0.278. The molecule has 1 N–H and O–H groups in total. The molecule has 116 valence electrons. The smallest absolute Gasteiger partial charge is 0.253 e. The first kappa shape index (κ1) is 16.0. The maximum atomic E-state index is 12.0. The second-order valence-electron chi connectivity index (χ2n) is 5.19. The first-order chi connectivity index (χ1) is 10.6. The van der Waals surface area contributed by atoms with E-state index in [0.29, 0.717) is 18.7 Å². The Labute approximate surface area is 131 Å². The molecule has 2 rings (SSSR count). The lowest BCUT2D eigenvalue weighted by Gasteiger charge is -2.16. The first-order valence-corrected chi connectivity index (χ1v) is 7.25. The van der Waals surface area contributed by atoms with Crippen LogP contribution in [0, 0.1) is 6.92 Å². The number of aryl methyl sites for hydroxylation is 1. The molecule has 4 heteroatoms. The molecule has 0 unspecified atom stereocenters. The van der Waals surface area contributed by atoms with Crippen LogP contribution in [0.4, 0.5) is 0 Å². The Hall–Kier alpha value is -2.33. The molecule has 0 aliphatic heterocycles. The normalized spacial score (nSPS) is 10.3. The van der Waals surface area contributed by atoms with E-state index in [1.807, 2.05) is 18.2 Å². The number of hydrogen-bond acceptors (Lipinski definition) is 3. The lowest BCUT2D eigenvalue weighted by molar-refractivity contribution is 0.0767. The summed E-state index contributed by atoms with van der Waals surface area (Å²) in [5.74, 6) is 0.615. The monoisotopic (exact) mass is 299 g/mol. The molecule has 4 nitrogen and oxygen atoms in total. The summed E-state index contributed by atoms with van der Waals surface area (Å²) in [7, 11) is 1.67. The third kappa shape index (κ3) is 4.09. The van der Waals surface area contributed by atoms with Crippen LogP contribution in [0.1, 0.15) is 21.5 Å². The second-order valence-corrected chi connectivity index (χ2v) is 5.19. The Bertz CT molecular complexity index is 622. The largest absolute Gasteiger partial charge is 0.489 e. The quantitative estimate of drug-likeness (QED) is 0.892. The average Bonchev–Trinajstić information content (AvgIpc) is 2.54. The summed E-state index contributed by atoms with van der Waals surface area (Å²) >= 11 is 0. The van der Waals surface area contributed by atoms with E-state index < -0.39 is 0 Å². The van der Waals surface area contributed by atoms with E-state index in [1.54, 1.807) is 31.3 Å². The van der Waals surface area contributed by atoms with Gasteiger partial charge in [-0.05, 0) is 42.3 Å². The van der Waals surface area contributed by atoms with Gasteiger partial charge in [0.25, 0.3) is 5.91 Å². The maximum Gasteiger partial charge on any atom is 0.253 e. The van der Waals surface area contributed by atoms with E-state index in [-0.39, 0.29) is 12.5 Å². The van der Waals surface area contributed by atoms with E-state index in [2.05, 4.69) is 13.0 Å². The third-order valence-electron chi connectivity index (χ3n) is 3.54. The van der Waals surface area contributed by atoms with Crippen LogP contribution in [-0.2, 0) is 6.61 Å². The number of aliphatic hydroxyl groups excluding tert-OH is 1. The van der Waals surface area contributed by atoms with Crippen LogP contribution in [-0.4, -0.2) is 36.1 Å². The highest BCUT2D eigenvalue weighted by molar-refractivity contribution is 5.94. The molecule has 2 aromatic rings. The van der Waals surface area contributed by atoms with Crippen LogP contribution in [0.25, 0.3) is 0 Å². The van der Waals surface area contributed by atoms with Crippen molar-refractivity contribution < 1.29 is 14.6 Å². The Morgan fingerprint density at radius 3 is 2.45 bits per heavy atom. The van der Waals surface area contributed by atoms with Gasteiger partial charge in [-0.3, -0.25) is 4.79 Å². The van der Waals surface area contributed by atoms with Crippen molar-refractivity contribution >= 4 is 5.91 Å². The molecule has 0 bridgehead atoms. The van der Waals surface area contributed by atoms with Gasteiger partial charge in [0.2, 0.25) is 0 Å². The Balaban J connectivity index is 1.97. The number of amides is 1. The van der Waals surface area contributed by atoms with Gasteiger partial charge in [0, 0.05) is 19.2 Å². The van der Waals surface area contributed by atoms with Crippen LogP contribution < -0.4 is 4.74 Å². The lowest BCUT2D eigenvalue weighted by Crippen LogP contribution is -2.29. The van der Waals surface area contributed by atoms with Gasteiger partial charge in [-0.25, -0.2) is 0 Å². The highest BCUT2D eigenvalue weighted by atomic mass is 16.5. The molecule has 0 fully saturated rings. The zero-order valence-electron chi connectivity index (χ0n) is 13.0. The molecule has 0 aliphatic carbocycles. The number of rotatable bonds is 6. The van der Waals surface area contributed by atoms with Crippen molar-refractivity contribution in [2.24, 2.45) is 0 Å². The zero-order chi connectivity index (χ0) is 15.9. The van der Waals surface area contributed by atoms with E-state index in [1.165, 1.54) is 10.5 Å². The summed E-state index contributed by atoms with van der Waals surface area (Å²) in [6.45, 7) is 2.84. The summed E-state index contributed by atoms with van der Waals surface area (Å²) < 4.78 is 5.75. The molecule has 0 saturated heterocycles. The molecule has 0 heterocycles. The standard InChI is InChI=1S/C18H21NO3/c1-14-5-3-4-6-16(14)13-22-17-9-7-15(8-10-17)18(21)19(2)11-12-20/h3-10,20H,11-13H2,1-2H3. The topological polar surface area (TPSA) is 49.8 Å². The summed E-state index contributed by atoms with van der Waals surface area (Å²) in [6.07, 6.45) is 0. The van der Waals surface area contributed by atoms with E-state index >= 15 is 0 Å². The highest BCUT2D eigenvalue weighted by Crippen LogP contribution is 2.16. The predicted octanol–water partition coefficient (Wildman–Crippen LogP) is 2.64. The van der Waals surface area contributed by atoms with E-state index in [0.717, 1.165) is 11.3 Å². The molecule has 0 saturated carbocycles. The van der Waals surface area contributed by atoms with Gasteiger partial charge in [0.05, 0.1) is 6.61 Å². The molecule has 0 radical (unpaired) electrons. The van der Waals surface area contributed by atoms with Crippen LogP contribution in [0.5, 0.6) is 5.75 Å². The maximum absolute atomic E-state index is 12.0. The molecule has 0 aliphatic rings. The highest BCUT2D eigenvalue weighted by Gasteiger charge is 2.10. The molecule has 22 heavy (non-hydrogen) atoms. The predicted molar refractivity (Wildman–Crippen MR) is 86.0 cm³/mol. The fourth-order valence-corrected chi connectivity index (χ4v) is 2.10. The fourth-order valence-electron chi connectivity index (χ4n) is 2.10. The van der Waals surface area contributed by atoms with Gasteiger partial charge in [-0.15, -0.1) is 0 Å². The minimum Gasteiger partial charge on any atom is -0.489 e. The minimum absolute atomic E-state index is 0.0418. The van der Waals surface area contributed by atoms with Crippen molar-refractivity contribution in [2.45, 2.75) is 13.5 Å². The van der Waals surface area contributed by atoms with Crippen LogP contribution in [0.15, 0.2) is 48.5 Å². The molecule has 1 amide bonds. The van der Waals surface area contributed by atoms with Gasteiger partial charge < -0.3 is 14.7 Å². The average molecular weight is 299 g/mol. The van der Waals surface area contributed by atoms with Crippen molar-refractivity contribution in [1.82, 2.24) is 4.90 Å². The molecule has 2 aromatic carbocycles. The van der Waals surface area contributed by atoms with Gasteiger partial charge >= 0.3 is 0 Å². The number of benzene rings is 2. The van der Waals surface area contributed by atoms with Gasteiger partial charge in [-0.1, -0.05) is 24.3 Å². The number of nitrogens with zero attached hydrogens (tertiary/aromatic N) is 1. The number of hydrogen-bond donors (Lipinski definition) is 1. The third-order valence-corrected chi connectivity index (χ3v) is 3.54. The SMILES string of the molecule is Cc1ccccc1COc1ccc(C(=O)N(C)CCO)cc1. The molecular weight excluding hydrogens is 278 g/mol. The van der Waals surface area contributed by atoms with E-state index in [4.69, 9.17) is 9.84 Å². The number of likely N-dealkylation sites (N-methyl/N-ethyl adjacent to an activating group) is 1.